The van der Waals surface area contributed by atoms with Gasteiger partial charge in [0, 0.05) is 50.5 Å². The molecule has 15 aromatic rings. The van der Waals surface area contributed by atoms with E-state index in [4.69, 9.17) is 4.74 Å². The number of benzene rings is 15. The highest BCUT2D eigenvalue weighted by Gasteiger charge is 2.52. The summed E-state index contributed by atoms with van der Waals surface area (Å²) in [6.45, 7) is 13.7. The number of hydrogen-bond donors (Lipinski definition) is 0. The largest absolute Gasteiger partial charge is 0.489 e. The van der Waals surface area contributed by atoms with Gasteiger partial charge in [-0.1, -0.05) is 272 Å². The Morgan fingerprint density at radius 3 is 1.04 bits per heavy atom. The third-order valence-electron chi connectivity index (χ3n) is 23.6. The third kappa shape index (κ3) is 11.4. The second kappa shape index (κ2) is 27.2. The number of halogens is 5. The van der Waals surface area contributed by atoms with Crippen LogP contribution in [0, 0.1) is 29.1 Å². The van der Waals surface area contributed by atoms with Crippen molar-refractivity contribution in [2.45, 2.75) is 76.7 Å². The second-order valence-corrected chi connectivity index (χ2v) is 30.5. The van der Waals surface area contributed by atoms with Crippen LogP contribution in [0.1, 0.15) is 110 Å². The summed E-state index contributed by atoms with van der Waals surface area (Å²) in [5, 5.41) is 0. The highest BCUT2D eigenvalue weighted by atomic mass is 19.2. The van der Waals surface area contributed by atoms with Crippen molar-refractivity contribution in [1.82, 2.24) is 0 Å². The first-order valence-corrected chi connectivity index (χ1v) is 37.7. The molecular formula is C102H77F5N2O. The third-order valence-corrected chi connectivity index (χ3v) is 23.6. The first kappa shape index (κ1) is 69.1. The summed E-state index contributed by atoms with van der Waals surface area (Å²) < 4.78 is 91.4. The number of rotatable bonds is 17. The highest BCUT2D eigenvalue weighted by Crippen LogP contribution is 2.60. The van der Waals surface area contributed by atoms with E-state index >= 15 is 22.0 Å². The van der Waals surface area contributed by atoms with E-state index < -0.39 is 40.1 Å². The van der Waals surface area contributed by atoms with E-state index in [9.17, 15) is 0 Å². The zero-order chi connectivity index (χ0) is 75.3. The molecule has 0 saturated carbocycles. The fourth-order valence-electron chi connectivity index (χ4n) is 17.5. The zero-order valence-electron chi connectivity index (χ0n) is 61.9. The molecule has 0 aliphatic heterocycles. The quantitative estimate of drug-likeness (QED) is 0.0513. The number of nitrogens with zero attached hydrogens (tertiary/aromatic N) is 2. The van der Waals surface area contributed by atoms with E-state index in [0.717, 1.165) is 79.5 Å². The molecule has 15 aromatic carbocycles. The van der Waals surface area contributed by atoms with Gasteiger partial charge in [-0.3, -0.25) is 0 Å². The Labute approximate surface area is 639 Å². The first-order valence-electron chi connectivity index (χ1n) is 37.7. The van der Waals surface area contributed by atoms with Gasteiger partial charge in [-0.2, -0.15) is 0 Å². The van der Waals surface area contributed by atoms with E-state index in [1.807, 2.05) is 109 Å². The molecule has 0 radical (unpaired) electrons. The second-order valence-electron chi connectivity index (χ2n) is 30.5. The summed E-state index contributed by atoms with van der Waals surface area (Å²) in [5.74, 6) is -9.37. The van der Waals surface area contributed by atoms with Crippen molar-refractivity contribution in [2.75, 3.05) is 9.80 Å². The van der Waals surface area contributed by atoms with E-state index in [2.05, 4.69) is 245 Å². The average Bonchev–Trinajstić information content (AvgIpc) is 1.50. The van der Waals surface area contributed by atoms with Gasteiger partial charge in [0.2, 0.25) is 5.82 Å². The predicted octanol–water partition coefficient (Wildman–Crippen LogP) is 28.1. The molecule has 0 amide bonds. The van der Waals surface area contributed by atoms with Crippen LogP contribution in [-0.2, 0) is 22.9 Å². The lowest BCUT2D eigenvalue weighted by Crippen LogP contribution is -2.32. The molecule has 8 heteroatoms. The Hall–Kier alpha value is -12.7. The van der Waals surface area contributed by atoms with Crippen molar-refractivity contribution >= 4 is 34.1 Å². The summed E-state index contributed by atoms with van der Waals surface area (Å²) in [7, 11) is 0. The lowest BCUT2D eigenvalue weighted by atomic mass is 9.66. The monoisotopic (exact) mass is 1440 g/mol. The van der Waals surface area contributed by atoms with Gasteiger partial charge in [0.25, 0.3) is 0 Å². The molecule has 0 aromatic heterocycles. The van der Waals surface area contributed by atoms with Crippen molar-refractivity contribution in [1.29, 1.82) is 0 Å². The van der Waals surface area contributed by atoms with Crippen LogP contribution in [0.4, 0.5) is 56.1 Å². The summed E-state index contributed by atoms with van der Waals surface area (Å²) >= 11 is 0. The molecule has 0 fully saturated rings. The Balaban J connectivity index is 0.772. The Kier molecular flexibility index (Phi) is 17.1. The van der Waals surface area contributed by atoms with E-state index in [1.165, 1.54) is 50.1 Å². The van der Waals surface area contributed by atoms with Gasteiger partial charge in [0.1, 0.15) is 12.4 Å². The summed E-state index contributed by atoms with van der Waals surface area (Å²) in [5.41, 5.74) is 23.1. The minimum atomic E-state index is -2.24. The van der Waals surface area contributed by atoms with Gasteiger partial charge in [-0.15, -0.1) is 0 Å². The fourth-order valence-corrected chi connectivity index (χ4v) is 17.5. The van der Waals surface area contributed by atoms with Gasteiger partial charge < -0.3 is 14.5 Å². The Morgan fingerprint density at radius 1 is 0.300 bits per heavy atom. The van der Waals surface area contributed by atoms with Crippen molar-refractivity contribution in [3.63, 3.8) is 0 Å². The lowest BCUT2D eigenvalue weighted by Gasteiger charge is -2.35. The average molecular weight is 1440 g/mol. The number of hydrogen-bond acceptors (Lipinski definition) is 3. The lowest BCUT2D eigenvalue weighted by molar-refractivity contribution is 0.306. The normalized spacial score (nSPS) is 13.8. The van der Waals surface area contributed by atoms with Crippen LogP contribution in [0.25, 0.3) is 77.9 Å². The maximum absolute atomic E-state index is 17.9. The standard InChI is InChI=1S/C102H77F5N2O/c1-7-63(2)65-28-26-64(27-29-65)62-110-81-52-40-74(41-53-81)102(94-95(103)97(105)99(107)98(106)96(94)104)92-58-72(70-34-46-77(47-35-70)108(75-42-30-68(31-43-75)66-18-10-8-11-19-66)79-50-56-84-82-22-14-16-24-88(82)100(3,4)90(84)60-79)38-54-86(92)87-55-39-73(59-93(87)102)71-36-48-78(49-37-71)109(76-44-32-69(33-45-76)67-20-12-9-13-21-67)80-51-57-85-83-23-15-17-25-89(83)101(5,6)91(85)61-80/h8-61,63H,7,62H2,1-6H3. The van der Waals surface area contributed by atoms with Crippen LogP contribution < -0.4 is 14.5 Å². The van der Waals surface area contributed by atoms with Crippen LogP contribution in [-0.4, -0.2) is 0 Å². The van der Waals surface area contributed by atoms with Crippen LogP contribution in [0.5, 0.6) is 5.75 Å². The molecule has 0 heterocycles. The summed E-state index contributed by atoms with van der Waals surface area (Å²) in [6.07, 6.45) is 1.00. The molecule has 1 atom stereocenters. The molecule has 18 rings (SSSR count). The Morgan fingerprint density at radius 2 is 0.627 bits per heavy atom. The molecular weight excluding hydrogens is 1360 g/mol. The maximum Gasteiger partial charge on any atom is 0.200 e. The molecule has 0 bridgehead atoms. The molecule has 0 saturated heterocycles. The maximum atomic E-state index is 17.9. The zero-order valence-corrected chi connectivity index (χ0v) is 61.9. The minimum Gasteiger partial charge on any atom is -0.489 e. The van der Waals surface area contributed by atoms with Gasteiger partial charge in [-0.25, -0.2) is 22.0 Å². The van der Waals surface area contributed by atoms with Crippen LogP contribution in [0.2, 0.25) is 0 Å². The smallest absolute Gasteiger partial charge is 0.200 e. The topological polar surface area (TPSA) is 15.7 Å². The van der Waals surface area contributed by atoms with Gasteiger partial charge in [0.05, 0.1) is 5.41 Å². The molecule has 0 N–H and O–H groups in total. The summed E-state index contributed by atoms with van der Waals surface area (Å²) in [4.78, 5) is 4.50. The van der Waals surface area contributed by atoms with Crippen LogP contribution >= 0.6 is 0 Å². The first-order chi connectivity index (χ1) is 53.5. The van der Waals surface area contributed by atoms with Crippen molar-refractivity contribution in [3.8, 4) is 83.6 Å². The van der Waals surface area contributed by atoms with E-state index in [-0.39, 0.29) is 23.0 Å². The van der Waals surface area contributed by atoms with Crippen molar-refractivity contribution in [2.24, 2.45) is 0 Å². The van der Waals surface area contributed by atoms with Crippen LogP contribution in [0.15, 0.2) is 328 Å². The number of anilines is 6. The predicted molar refractivity (Wildman–Crippen MR) is 439 cm³/mol. The Bertz CT molecular complexity index is 5740. The number of ether oxygens (including phenoxy) is 1. The van der Waals surface area contributed by atoms with Crippen molar-refractivity contribution < 1.29 is 26.7 Å². The fraction of sp³-hybridized carbons (Fsp3) is 0.118. The minimum absolute atomic E-state index is 0.218. The molecule has 3 aliphatic carbocycles. The SMILES string of the molecule is CCC(C)c1ccc(COc2ccc(C3(c4c(F)c(F)c(F)c(F)c4F)c4cc(-c5ccc(N(c6ccc(-c7ccccc7)cc6)c6ccc7c(c6)C(C)(C)c6ccccc6-7)cc5)ccc4-c4ccc(-c5ccc(N(c6ccc(-c7ccccc7)cc6)c6ccc7c(c6)C(C)(C)c6ccccc6-7)cc5)cc43)cc2)cc1. The van der Waals surface area contributed by atoms with Gasteiger partial charge >= 0.3 is 0 Å². The molecule has 3 nitrogen and oxygen atoms in total. The molecule has 110 heavy (non-hydrogen) atoms. The summed E-state index contributed by atoms with van der Waals surface area (Å²) in [6, 6.07) is 111. The van der Waals surface area contributed by atoms with Crippen LogP contribution in [0.3, 0.4) is 0 Å². The van der Waals surface area contributed by atoms with E-state index in [1.54, 1.807) is 24.3 Å². The van der Waals surface area contributed by atoms with E-state index in [0.29, 0.717) is 45.0 Å². The number of fused-ring (bicyclic) bond motifs is 9. The highest BCUT2D eigenvalue weighted by molar-refractivity contribution is 5.93. The van der Waals surface area contributed by atoms with Crippen molar-refractivity contribution in [3.05, 3.63) is 412 Å². The van der Waals surface area contributed by atoms with Gasteiger partial charge in [-0.05, 0) is 237 Å². The van der Waals surface area contributed by atoms with Gasteiger partial charge in [0.15, 0.2) is 23.3 Å². The molecule has 1 unspecified atom stereocenters. The molecule has 3 aliphatic rings. The molecule has 536 valence electrons. The molecule has 0 spiro atoms.